The molecule has 0 atom stereocenters. The van der Waals surface area contributed by atoms with Crippen LogP contribution in [0.25, 0.3) is 0 Å². The molecule has 3 aromatic rings. The first-order valence-electron chi connectivity index (χ1n) is 9.10. The first kappa shape index (κ1) is 19.7. The van der Waals surface area contributed by atoms with Gasteiger partial charge in [-0.05, 0) is 66.2 Å². The summed E-state index contributed by atoms with van der Waals surface area (Å²) in [7, 11) is 0. The van der Waals surface area contributed by atoms with E-state index in [1.54, 1.807) is 17.2 Å². The fourth-order valence-corrected chi connectivity index (χ4v) is 4.69. The van der Waals surface area contributed by atoms with Crippen LogP contribution in [0.5, 0.6) is 0 Å². The number of fused-ring (bicyclic) bond motifs is 2. The van der Waals surface area contributed by atoms with Crippen LogP contribution in [0.1, 0.15) is 34.6 Å². The van der Waals surface area contributed by atoms with Gasteiger partial charge < -0.3 is 10.2 Å². The highest BCUT2D eigenvalue weighted by molar-refractivity contribution is 9.10. The quantitative estimate of drug-likeness (QED) is 0.543. The number of carbonyl (C=O) groups excluding carboxylic acids is 2. The van der Waals surface area contributed by atoms with E-state index in [9.17, 15) is 9.59 Å². The Labute approximate surface area is 181 Å². The van der Waals surface area contributed by atoms with Crippen LogP contribution in [0.4, 0.5) is 11.4 Å². The standard InChI is InChI=1S/C22H18BrN3O2S/c1-13(2)26-18-8-7-16(25-21(27)14-9-15(23)12-24-11-14)10-20(18)29-19-6-4-3-5-17(19)22(26)28/h3-13H,1-2H3,(H,25,27). The highest BCUT2D eigenvalue weighted by atomic mass is 79.9. The van der Waals surface area contributed by atoms with Gasteiger partial charge in [0.2, 0.25) is 0 Å². The second kappa shape index (κ2) is 8.00. The van der Waals surface area contributed by atoms with E-state index in [1.165, 1.54) is 18.0 Å². The van der Waals surface area contributed by atoms with Crippen molar-refractivity contribution in [3.63, 3.8) is 0 Å². The zero-order valence-electron chi connectivity index (χ0n) is 15.8. The lowest BCUT2D eigenvalue weighted by atomic mass is 10.1. The van der Waals surface area contributed by atoms with Gasteiger partial charge >= 0.3 is 0 Å². The monoisotopic (exact) mass is 467 g/mol. The summed E-state index contributed by atoms with van der Waals surface area (Å²) in [5.41, 5.74) is 2.66. The third-order valence-electron chi connectivity index (χ3n) is 4.52. The van der Waals surface area contributed by atoms with Crippen molar-refractivity contribution in [2.45, 2.75) is 29.7 Å². The van der Waals surface area contributed by atoms with Crippen molar-refractivity contribution in [3.8, 4) is 0 Å². The van der Waals surface area contributed by atoms with Crippen LogP contribution >= 0.6 is 27.7 Å². The van der Waals surface area contributed by atoms with Crippen LogP contribution in [-0.4, -0.2) is 22.8 Å². The molecule has 2 amide bonds. The Balaban J connectivity index is 1.72. The number of rotatable bonds is 3. The maximum Gasteiger partial charge on any atom is 0.259 e. The van der Waals surface area contributed by atoms with E-state index in [2.05, 4.69) is 26.2 Å². The maximum atomic E-state index is 13.2. The number of halogens is 1. The SMILES string of the molecule is CC(C)N1C(=O)c2ccccc2Sc2cc(NC(=O)c3cncc(Br)c3)ccc21. The third kappa shape index (κ3) is 3.93. The Hall–Kier alpha value is -2.64. The van der Waals surface area contributed by atoms with Crippen LogP contribution in [0.15, 0.2) is 75.2 Å². The predicted molar refractivity (Wildman–Crippen MR) is 119 cm³/mol. The van der Waals surface area contributed by atoms with Crippen LogP contribution < -0.4 is 10.2 Å². The van der Waals surface area contributed by atoms with E-state index in [0.717, 1.165) is 20.0 Å². The Morgan fingerprint density at radius 1 is 1.10 bits per heavy atom. The smallest absolute Gasteiger partial charge is 0.259 e. The molecule has 2 aromatic carbocycles. The summed E-state index contributed by atoms with van der Waals surface area (Å²) >= 11 is 4.87. The van der Waals surface area contributed by atoms with Crippen molar-refractivity contribution in [3.05, 3.63) is 76.5 Å². The van der Waals surface area contributed by atoms with E-state index in [0.29, 0.717) is 16.8 Å². The van der Waals surface area contributed by atoms with Gasteiger partial charge in [-0.2, -0.15) is 0 Å². The van der Waals surface area contributed by atoms with Gasteiger partial charge in [-0.3, -0.25) is 14.6 Å². The molecule has 7 heteroatoms. The minimum absolute atomic E-state index is 0.00110. The van der Waals surface area contributed by atoms with Crippen molar-refractivity contribution in [1.29, 1.82) is 0 Å². The molecule has 0 radical (unpaired) electrons. The summed E-state index contributed by atoms with van der Waals surface area (Å²) in [4.78, 5) is 33.4. The van der Waals surface area contributed by atoms with Gasteiger partial charge in [0, 0.05) is 38.4 Å². The summed E-state index contributed by atoms with van der Waals surface area (Å²) in [6.45, 7) is 3.99. The molecule has 0 saturated carbocycles. The lowest BCUT2D eigenvalue weighted by Gasteiger charge is -2.27. The zero-order chi connectivity index (χ0) is 20.5. The molecule has 0 aliphatic carbocycles. The van der Waals surface area contributed by atoms with E-state index < -0.39 is 0 Å². The van der Waals surface area contributed by atoms with Gasteiger partial charge in [0.05, 0.1) is 16.8 Å². The minimum atomic E-state index is -0.241. The molecule has 0 spiro atoms. The lowest BCUT2D eigenvalue weighted by molar-refractivity contribution is 0.0976. The molecule has 5 nitrogen and oxygen atoms in total. The summed E-state index contributed by atoms with van der Waals surface area (Å²) in [5, 5.41) is 2.92. The molecule has 1 aliphatic heterocycles. The number of benzene rings is 2. The number of carbonyl (C=O) groups is 2. The van der Waals surface area contributed by atoms with E-state index in [-0.39, 0.29) is 17.9 Å². The van der Waals surface area contributed by atoms with Gasteiger partial charge in [0.1, 0.15) is 0 Å². The predicted octanol–water partition coefficient (Wildman–Crippen LogP) is 5.62. The average molecular weight is 468 g/mol. The number of hydrogen-bond acceptors (Lipinski definition) is 4. The van der Waals surface area contributed by atoms with Crippen molar-refractivity contribution in [1.82, 2.24) is 4.98 Å². The number of anilines is 2. The first-order valence-corrected chi connectivity index (χ1v) is 10.7. The Morgan fingerprint density at radius 2 is 1.90 bits per heavy atom. The second-order valence-electron chi connectivity index (χ2n) is 6.90. The Kier molecular flexibility index (Phi) is 5.43. The summed E-state index contributed by atoms with van der Waals surface area (Å²) < 4.78 is 0.741. The van der Waals surface area contributed by atoms with Gasteiger partial charge in [-0.1, -0.05) is 23.9 Å². The second-order valence-corrected chi connectivity index (χ2v) is 8.90. The van der Waals surface area contributed by atoms with Crippen LogP contribution in [-0.2, 0) is 0 Å². The van der Waals surface area contributed by atoms with Crippen LogP contribution in [0, 0.1) is 0 Å². The molecule has 1 aromatic heterocycles. The molecule has 1 aliphatic rings. The van der Waals surface area contributed by atoms with E-state index in [4.69, 9.17) is 0 Å². The summed E-state index contributed by atoms with van der Waals surface area (Å²) in [5.74, 6) is -0.256. The minimum Gasteiger partial charge on any atom is -0.322 e. The molecule has 29 heavy (non-hydrogen) atoms. The van der Waals surface area contributed by atoms with E-state index >= 15 is 0 Å². The molecular weight excluding hydrogens is 450 g/mol. The normalized spacial score (nSPS) is 13.0. The highest BCUT2D eigenvalue weighted by Gasteiger charge is 2.29. The zero-order valence-corrected chi connectivity index (χ0v) is 18.3. The number of aromatic nitrogens is 1. The number of nitrogens with one attached hydrogen (secondary N) is 1. The average Bonchev–Trinajstić information content (AvgIpc) is 2.81. The van der Waals surface area contributed by atoms with Gasteiger partial charge in [0.25, 0.3) is 11.8 Å². The Bertz CT molecular complexity index is 1120. The van der Waals surface area contributed by atoms with Crippen molar-refractivity contribution in [2.75, 3.05) is 10.2 Å². The van der Waals surface area contributed by atoms with Crippen molar-refractivity contribution in [2.24, 2.45) is 0 Å². The van der Waals surface area contributed by atoms with Crippen LogP contribution in [0.2, 0.25) is 0 Å². The van der Waals surface area contributed by atoms with Crippen LogP contribution in [0.3, 0.4) is 0 Å². The number of hydrogen-bond donors (Lipinski definition) is 1. The topological polar surface area (TPSA) is 62.3 Å². The first-order chi connectivity index (χ1) is 13.9. The molecule has 146 valence electrons. The molecular formula is C22H18BrN3O2S. The summed E-state index contributed by atoms with van der Waals surface area (Å²) in [6.07, 6.45) is 3.15. The highest BCUT2D eigenvalue weighted by Crippen LogP contribution is 2.43. The number of amides is 2. The van der Waals surface area contributed by atoms with Gasteiger partial charge in [0.15, 0.2) is 0 Å². The molecule has 0 unspecified atom stereocenters. The van der Waals surface area contributed by atoms with Crippen molar-refractivity contribution >= 4 is 50.9 Å². The molecule has 1 N–H and O–H groups in total. The Morgan fingerprint density at radius 3 is 2.66 bits per heavy atom. The molecule has 0 saturated heterocycles. The van der Waals surface area contributed by atoms with Gasteiger partial charge in [-0.15, -0.1) is 0 Å². The molecule has 0 bridgehead atoms. The third-order valence-corrected chi connectivity index (χ3v) is 6.07. The lowest BCUT2D eigenvalue weighted by Crippen LogP contribution is -2.36. The van der Waals surface area contributed by atoms with E-state index in [1.807, 2.05) is 56.3 Å². The summed E-state index contributed by atoms with van der Waals surface area (Å²) in [6, 6.07) is 14.9. The molecule has 4 rings (SSSR count). The van der Waals surface area contributed by atoms with Gasteiger partial charge in [-0.25, -0.2) is 0 Å². The molecule has 0 fully saturated rings. The number of nitrogens with zero attached hydrogens (tertiary/aromatic N) is 2. The molecule has 2 heterocycles. The largest absolute Gasteiger partial charge is 0.322 e. The fraction of sp³-hybridized carbons (Fsp3) is 0.136. The van der Waals surface area contributed by atoms with Crippen molar-refractivity contribution < 1.29 is 9.59 Å². The maximum absolute atomic E-state index is 13.2. The number of pyridine rings is 1. The fourth-order valence-electron chi connectivity index (χ4n) is 3.21.